The number of nitrogens with one attached hydrogen (secondary N) is 1. The summed E-state index contributed by atoms with van der Waals surface area (Å²) in [5, 5.41) is 3.50. The lowest BCUT2D eigenvalue weighted by Crippen LogP contribution is -2.43. The topological polar surface area (TPSA) is 12.0 Å². The van der Waals surface area contributed by atoms with Gasteiger partial charge in [0.2, 0.25) is 0 Å². The van der Waals surface area contributed by atoms with Crippen LogP contribution in [0.3, 0.4) is 0 Å². The molecule has 0 aromatic carbocycles. The molecule has 0 heterocycles. The van der Waals surface area contributed by atoms with Crippen LogP contribution in [-0.2, 0) is 0 Å². The summed E-state index contributed by atoms with van der Waals surface area (Å²) in [6.45, 7) is 2.45. The summed E-state index contributed by atoms with van der Waals surface area (Å²) in [7, 11) is 2.10. The van der Waals surface area contributed by atoms with Gasteiger partial charge in [-0.25, -0.2) is 0 Å². The minimum Gasteiger partial charge on any atom is -0.316 e. The molecule has 1 saturated carbocycles. The highest BCUT2D eigenvalue weighted by molar-refractivity contribution is 4.91. The van der Waals surface area contributed by atoms with Gasteiger partial charge in [-0.2, -0.15) is 0 Å². The molecule has 86 valence electrons. The average molecular weight is 207 g/mol. The largest absolute Gasteiger partial charge is 0.316 e. The van der Waals surface area contributed by atoms with Crippen molar-refractivity contribution in [3.05, 3.63) is 0 Å². The maximum Gasteiger partial charge on any atom is 0.0118 e. The molecule has 0 radical (unpaired) electrons. The second-order valence-electron chi connectivity index (χ2n) is 5.15. The summed E-state index contributed by atoms with van der Waals surface area (Å²) in [5.74, 6) is 2.73. The van der Waals surface area contributed by atoms with Crippen LogP contribution >= 0.6 is 0 Å². The molecule has 0 aliphatic heterocycles. The maximum absolute atomic E-state index is 5.30. The summed E-state index contributed by atoms with van der Waals surface area (Å²) in [6, 6.07) is 0.658. The standard InChI is InChI=1S/C14H25N/c1-4-5-7-10-13(15-3)14(2)11-8-6-9-12-14/h1,13,15H,5-12H2,2-3H3. The van der Waals surface area contributed by atoms with Gasteiger partial charge in [-0.15, -0.1) is 12.3 Å². The number of terminal acetylenes is 1. The Hall–Kier alpha value is -0.480. The number of rotatable bonds is 5. The zero-order valence-electron chi connectivity index (χ0n) is 10.3. The Bertz CT molecular complexity index is 208. The Morgan fingerprint density at radius 3 is 2.53 bits per heavy atom. The first-order valence-corrected chi connectivity index (χ1v) is 6.33. The lowest BCUT2D eigenvalue weighted by atomic mass is 9.69. The zero-order valence-corrected chi connectivity index (χ0v) is 10.3. The van der Waals surface area contributed by atoms with Gasteiger partial charge in [-0.1, -0.05) is 26.2 Å². The highest BCUT2D eigenvalue weighted by atomic mass is 14.9. The van der Waals surface area contributed by atoms with Crippen LogP contribution in [-0.4, -0.2) is 13.1 Å². The summed E-state index contributed by atoms with van der Waals surface area (Å²) in [6.07, 6.45) is 15.6. The van der Waals surface area contributed by atoms with Crippen LogP contribution in [0.25, 0.3) is 0 Å². The van der Waals surface area contributed by atoms with Gasteiger partial charge >= 0.3 is 0 Å². The van der Waals surface area contributed by atoms with E-state index in [0.717, 1.165) is 12.8 Å². The third kappa shape index (κ3) is 3.54. The Kier molecular flexibility index (Phi) is 5.19. The van der Waals surface area contributed by atoms with Crippen LogP contribution in [0.5, 0.6) is 0 Å². The lowest BCUT2D eigenvalue weighted by molar-refractivity contribution is 0.142. The molecule has 1 N–H and O–H groups in total. The van der Waals surface area contributed by atoms with Crippen LogP contribution in [0.4, 0.5) is 0 Å². The molecule has 0 bridgehead atoms. The predicted octanol–water partition coefficient (Wildman–Crippen LogP) is 3.35. The van der Waals surface area contributed by atoms with Crippen LogP contribution in [0.15, 0.2) is 0 Å². The Labute approximate surface area is 95.0 Å². The molecule has 1 unspecified atom stereocenters. The summed E-state index contributed by atoms with van der Waals surface area (Å²) < 4.78 is 0. The molecular formula is C14H25N. The van der Waals surface area contributed by atoms with Gasteiger partial charge in [0.1, 0.15) is 0 Å². The van der Waals surface area contributed by atoms with E-state index < -0.39 is 0 Å². The minimum absolute atomic E-state index is 0.515. The van der Waals surface area contributed by atoms with Crippen molar-refractivity contribution in [3.8, 4) is 12.3 Å². The molecule has 1 rings (SSSR count). The monoisotopic (exact) mass is 207 g/mol. The third-order valence-corrected chi connectivity index (χ3v) is 4.00. The highest BCUT2D eigenvalue weighted by Gasteiger charge is 2.33. The van der Waals surface area contributed by atoms with E-state index in [1.54, 1.807) is 0 Å². The van der Waals surface area contributed by atoms with E-state index in [1.165, 1.54) is 38.5 Å². The van der Waals surface area contributed by atoms with Crippen molar-refractivity contribution in [1.82, 2.24) is 5.32 Å². The van der Waals surface area contributed by atoms with Crippen molar-refractivity contribution in [1.29, 1.82) is 0 Å². The fraction of sp³-hybridized carbons (Fsp3) is 0.857. The van der Waals surface area contributed by atoms with E-state index in [4.69, 9.17) is 6.42 Å². The van der Waals surface area contributed by atoms with Gasteiger partial charge in [0.15, 0.2) is 0 Å². The van der Waals surface area contributed by atoms with E-state index in [-0.39, 0.29) is 0 Å². The molecule has 1 heteroatoms. The Morgan fingerprint density at radius 2 is 2.00 bits per heavy atom. The SMILES string of the molecule is C#CCCCC(NC)C1(C)CCCCC1. The summed E-state index contributed by atoms with van der Waals surface area (Å²) in [5.41, 5.74) is 0.515. The number of unbranched alkanes of at least 4 members (excludes halogenated alkanes) is 1. The summed E-state index contributed by atoms with van der Waals surface area (Å²) in [4.78, 5) is 0. The molecule has 0 saturated heterocycles. The minimum atomic E-state index is 0.515. The molecule has 1 aliphatic carbocycles. The maximum atomic E-state index is 5.30. The Balaban J connectivity index is 2.44. The van der Waals surface area contributed by atoms with Gasteiger partial charge < -0.3 is 5.32 Å². The van der Waals surface area contributed by atoms with Crippen molar-refractivity contribution in [2.24, 2.45) is 5.41 Å². The molecule has 1 atom stereocenters. The van der Waals surface area contributed by atoms with E-state index in [2.05, 4.69) is 25.2 Å². The summed E-state index contributed by atoms with van der Waals surface area (Å²) >= 11 is 0. The van der Waals surface area contributed by atoms with E-state index >= 15 is 0 Å². The van der Waals surface area contributed by atoms with Crippen LogP contribution in [0.2, 0.25) is 0 Å². The molecule has 1 fully saturated rings. The molecule has 0 aromatic rings. The van der Waals surface area contributed by atoms with Gasteiger partial charge in [-0.05, 0) is 38.1 Å². The van der Waals surface area contributed by atoms with Gasteiger partial charge in [-0.3, -0.25) is 0 Å². The molecule has 1 nitrogen and oxygen atoms in total. The Morgan fingerprint density at radius 1 is 1.33 bits per heavy atom. The van der Waals surface area contributed by atoms with Crippen molar-refractivity contribution in [2.45, 2.75) is 64.3 Å². The average Bonchev–Trinajstić information content (AvgIpc) is 2.25. The van der Waals surface area contributed by atoms with Crippen molar-refractivity contribution in [2.75, 3.05) is 7.05 Å². The van der Waals surface area contributed by atoms with Crippen molar-refractivity contribution in [3.63, 3.8) is 0 Å². The fourth-order valence-electron chi connectivity index (χ4n) is 2.96. The van der Waals surface area contributed by atoms with E-state index in [1.807, 2.05) is 0 Å². The molecular weight excluding hydrogens is 182 g/mol. The van der Waals surface area contributed by atoms with Gasteiger partial charge in [0.05, 0.1) is 0 Å². The lowest BCUT2D eigenvalue weighted by Gasteiger charge is -2.41. The van der Waals surface area contributed by atoms with Crippen molar-refractivity contribution >= 4 is 0 Å². The van der Waals surface area contributed by atoms with Crippen LogP contribution < -0.4 is 5.32 Å². The smallest absolute Gasteiger partial charge is 0.0118 e. The van der Waals surface area contributed by atoms with Crippen molar-refractivity contribution < 1.29 is 0 Å². The predicted molar refractivity (Wildman–Crippen MR) is 66.7 cm³/mol. The first kappa shape index (κ1) is 12.6. The number of hydrogen-bond acceptors (Lipinski definition) is 1. The van der Waals surface area contributed by atoms with Gasteiger partial charge in [0.25, 0.3) is 0 Å². The fourth-order valence-corrected chi connectivity index (χ4v) is 2.96. The zero-order chi connectivity index (χ0) is 11.1. The quantitative estimate of drug-likeness (QED) is 0.538. The molecule has 1 aliphatic rings. The first-order chi connectivity index (χ1) is 7.23. The first-order valence-electron chi connectivity index (χ1n) is 6.33. The van der Waals surface area contributed by atoms with Crippen LogP contribution in [0.1, 0.15) is 58.3 Å². The normalized spacial score (nSPS) is 21.9. The second-order valence-corrected chi connectivity index (χ2v) is 5.15. The second kappa shape index (κ2) is 6.18. The molecule has 0 amide bonds. The molecule has 0 aromatic heterocycles. The third-order valence-electron chi connectivity index (χ3n) is 4.00. The van der Waals surface area contributed by atoms with Gasteiger partial charge in [0, 0.05) is 12.5 Å². The van der Waals surface area contributed by atoms with E-state index in [0.29, 0.717) is 11.5 Å². The highest BCUT2D eigenvalue weighted by Crippen LogP contribution is 2.40. The number of hydrogen-bond donors (Lipinski definition) is 1. The molecule has 15 heavy (non-hydrogen) atoms. The van der Waals surface area contributed by atoms with Crippen LogP contribution in [0, 0.1) is 17.8 Å². The van der Waals surface area contributed by atoms with E-state index in [9.17, 15) is 0 Å². The molecule has 0 spiro atoms.